The van der Waals surface area contributed by atoms with Crippen LogP contribution in [0.25, 0.3) is 22.3 Å². The Labute approximate surface area is 136 Å². The second-order valence-corrected chi connectivity index (χ2v) is 7.44. The van der Waals surface area contributed by atoms with Gasteiger partial charge in [0.1, 0.15) is 0 Å². The molecule has 4 heteroatoms. The highest BCUT2D eigenvalue weighted by Crippen LogP contribution is 2.38. The third-order valence-corrected chi connectivity index (χ3v) is 4.93. The molecule has 0 saturated heterocycles. The Kier molecular flexibility index (Phi) is 4.01. The van der Waals surface area contributed by atoms with Gasteiger partial charge in [0.25, 0.3) is 0 Å². The normalized spacial score (nSPS) is 11.4. The molecule has 0 N–H and O–H groups in total. The highest BCUT2D eigenvalue weighted by Gasteiger charge is 2.20. The van der Waals surface area contributed by atoms with E-state index < -0.39 is 9.84 Å². The third-order valence-electron chi connectivity index (χ3n) is 3.79. The molecule has 0 radical (unpaired) electrons. The van der Waals surface area contributed by atoms with E-state index in [2.05, 4.69) is 4.98 Å². The van der Waals surface area contributed by atoms with Crippen LogP contribution in [-0.4, -0.2) is 19.7 Å². The lowest BCUT2D eigenvalue weighted by Crippen LogP contribution is -2.02. The molecule has 23 heavy (non-hydrogen) atoms. The van der Waals surface area contributed by atoms with Gasteiger partial charge in [0.2, 0.25) is 0 Å². The van der Waals surface area contributed by atoms with E-state index in [0.29, 0.717) is 10.5 Å². The fourth-order valence-corrected chi connectivity index (χ4v) is 3.64. The summed E-state index contributed by atoms with van der Waals surface area (Å²) >= 11 is 0. The number of aryl methyl sites for hydroxylation is 1. The predicted molar refractivity (Wildman–Crippen MR) is 93.0 cm³/mol. The van der Waals surface area contributed by atoms with Crippen molar-refractivity contribution in [3.05, 3.63) is 72.6 Å². The van der Waals surface area contributed by atoms with Crippen molar-refractivity contribution in [3.63, 3.8) is 0 Å². The molecule has 3 aromatic rings. The van der Waals surface area contributed by atoms with Gasteiger partial charge in [-0.15, -0.1) is 0 Å². The largest absolute Gasteiger partial charge is 0.261 e. The van der Waals surface area contributed by atoms with E-state index in [9.17, 15) is 8.42 Å². The molecule has 3 rings (SSSR count). The van der Waals surface area contributed by atoms with Gasteiger partial charge in [-0.25, -0.2) is 8.42 Å². The van der Waals surface area contributed by atoms with Crippen molar-refractivity contribution in [3.8, 4) is 22.3 Å². The van der Waals surface area contributed by atoms with Crippen LogP contribution >= 0.6 is 0 Å². The molecule has 0 saturated carbocycles. The summed E-state index contributed by atoms with van der Waals surface area (Å²) in [7, 11) is -3.36. The van der Waals surface area contributed by atoms with Crippen molar-refractivity contribution < 1.29 is 8.42 Å². The molecule has 0 amide bonds. The highest BCUT2D eigenvalue weighted by molar-refractivity contribution is 7.90. The summed E-state index contributed by atoms with van der Waals surface area (Å²) in [5.74, 6) is 0. The van der Waals surface area contributed by atoms with Gasteiger partial charge in [-0.2, -0.15) is 0 Å². The molecule has 0 fully saturated rings. The summed E-state index contributed by atoms with van der Waals surface area (Å²) in [4.78, 5) is 4.65. The Morgan fingerprint density at radius 1 is 0.826 bits per heavy atom. The number of nitrogens with zero attached hydrogens (tertiary/aromatic N) is 1. The van der Waals surface area contributed by atoms with E-state index in [1.54, 1.807) is 18.3 Å². The second kappa shape index (κ2) is 5.97. The summed E-state index contributed by atoms with van der Waals surface area (Å²) in [6.07, 6.45) is 2.95. The molecule has 0 bridgehead atoms. The number of benzene rings is 2. The zero-order valence-electron chi connectivity index (χ0n) is 13.0. The van der Waals surface area contributed by atoms with Gasteiger partial charge in [0.05, 0.1) is 4.90 Å². The van der Waals surface area contributed by atoms with E-state index in [1.807, 2.05) is 55.5 Å². The number of hydrogen-bond acceptors (Lipinski definition) is 3. The first kappa shape index (κ1) is 15.4. The summed E-state index contributed by atoms with van der Waals surface area (Å²) in [6.45, 7) is 1.89. The minimum Gasteiger partial charge on any atom is -0.261 e. The maximum Gasteiger partial charge on any atom is 0.176 e. The average Bonchev–Trinajstić information content (AvgIpc) is 2.55. The van der Waals surface area contributed by atoms with E-state index in [4.69, 9.17) is 0 Å². The van der Waals surface area contributed by atoms with Crippen molar-refractivity contribution >= 4 is 9.84 Å². The molecule has 1 aromatic heterocycles. The smallest absolute Gasteiger partial charge is 0.176 e. The monoisotopic (exact) mass is 323 g/mol. The maximum absolute atomic E-state index is 12.3. The van der Waals surface area contributed by atoms with Gasteiger partial charge in [-0.05, 0) is 30.2 Å². The van der Waals surface area contributed by atoms with Crippen LogP contribution in [0.2, 0.25) is 0 Å². The molecule has 0 aliphatic heterocycles. The topological polar surface area (TPSA) is 47.0 Å². The Balaban J connectivity index is 2.41. The first-order chi connectivity index (χ1) is 11.0. The van der Waals surface area contributed by atoms with Crippen molar-refractivity contribution in [2.24, 2.45) is 0 Å². The van der Waals surface area contributed by atoms with Crippen LogP contribution in [0.3, 0.4) is 0 Å². The average molecular weight is 323 g/mol. The summed E-state index contributed by atoms with van der Waals surface area (Å²) in [5, 5.41) is 0. The predicted octanol–water partition coefficient (Wildman–Crippen LogP) is 4.13. The van der Waals surface area contributed by atoms with Crippen molar-refractivity contribution in [1.29, 1.82) is 0 Å². The van der Waals surface area contributed by atoms with Crippen LogP contribution in [0.5, 0.6) is 0 Å². The summed E-state index contributed by atoms with van der Waals surface area (Å²) in [6, 6.07) is 18.9. The van der Waals surface area contributed by atoms with Crippen LogP contribution in [0, 0.1) is 6.92 Å². The molecule has 0 spiro atoms. The molecule has 0 atom stereocenters. The van der Waals surface area contributed by atoms with Crippen LogP contribution < -0.4 is 0 Å². The van der Waals surface area contributed by atoms with Gasteiger partial charge in [0, 0.05) is 29.3 Å². The summed E-state index contributed by atoms with van der Waals surface area (Å²) < 4.78 is 24.6. The number of hydrogen-bond donors (Lipinski definition) is 0. The Morgan fingerprint density at radius 2 is 1.52 bits per heavy atom. The SMILES string of the molecule is Cc1ncccc1-c1c(-c2ccccc2)cccc1S(C)(=O)=O. The van der Waals surface area contributed by atoms with Crippen molar-refractivity contribution in [2.75, 3.05) is 6.26 Å². The lowest BCUT2D eigenvalue weighted by Gasteiger charge is -2.16. The Hall–Kier alpha value is -2.46. The van der Waals surface area contributed by atoms with E-state index in [-0.39, 0.29) is 0 Å². The van der Waals surface area contributed by atoms with Crippen molar-refractivity contribution in [2.45, 2.75) is 11.8 Å². The number of aromatic nitrogens is 1. The van der Waals surface area contributed by atoms with E-state index in [1.165, 1.54) is 6.26 Å². The number of sulfone groups is 1. The van der Waals surface area contributed by atoms with E-state index >= 15 is 0 Å². The lowest BCUT2D eigenvalue weighted by molar-refractivity contribution is 0.602. The van der Waals surface area contributed by atoms with Crippen LogP contribution in [0.4, 0.5) is 0 Å². The Bertz CT molecular complexity index is 948. The van der Waals surface area contributed by atoms with Gasteiger partial charge < -0.3 is 0 Å². The summed E-state index contributed by atoms with van der Waals surface area (Å²) in [5.41, 5.74) is 4.24. The fourth-order valence-electron chi connectivity index (χ4n) is 2.72. The van der Waals surface area contributed by atoms with Crippen molar-refractivity contribution in [1.82, 2.24) is 4.98 Å². The van der Waals surface area contributed by atoms with Crippen LogP contribution in [0.15, 0.2) is 71.8 Å². The third kappa shape index (κ3) is 3.03. The molecule has 116 valence electrons. The molecule has 3 nitrogen and oxygen atoms in total. The molecular formula is C19H17NO2S. The quantitative estimate of drug-likeness (QED) is 0.728. The zero-order valence-corrected chi connectivity index (χ0v) is 13.8. The van der Waals surface area contributed by atoms with Gasteiger partial charge in [-0.3, -0.25) is 4.98 Å². The van der Waals surface area contributed by atoms with Crippen LogP contribution in [-0.2, 0) is 9.84 Å². The molecular weight excluding hydrogens is 306 g/mol. The van der Waals surface area contributed by atoms with Gasteiger partial charge >= 0.3 is 0 Å². The van der Waals surface area contributed by atoms with Crippen LogP contribution in [0.1, 0.15) is 5.69 Å². The molecule has 0 aliphatic carbocycles. The molecule has 0 aliphatic rings. The molecule has 0 unspecified atom stereocenters. The fraction of sp³-hybridized carbons (Fsp3) is 0.105. The minimum atomic E-state index is -3.36. The number of rotatable bonds is 3. The standard InChI is InChI=1S/C19H17NO2S/c1-14-16(11-7-13-20-14)19-17(15-8-4-3-5-9-15)10-6-12-18(19)23(2,21)22/h3-13H,1-2H3. The number of pyridine rings is 1. The van der Waals surface area contributed by atoms with Gasteiger partial charge in [-0.1, -0.05) is 48.5 Å². The van der Waals surface area contributed by atoms with Gasteiger partial charge in [0.15, 0.2) is 9.84 Å². The van der Waals surface area contributed by atoms with E-state index in [0.717, 1.165) is 22.4 Å². The second-order valence-electron chi connectivity index (χ2n) is 5.45. The first-order valence-electron chi connectivity index (χ1n) is 7.29. The highest BCUT2D eigenvalue weighted by atomic mass is 32.2. The minimum absolute atomic E-state index is 0.329. The lowest BCUT2D eigenvalue weighted by atomic mass is 9.94. The Morgan fingerprint density at radius 3 is 2.17 bits per heavy atom. The molecule has 2 aromatic carbocycles. The molecule has 1 heterocycles. The first-order valence-corrected chi connectivity index (χ1v) is 9.18. The zero-order chi connectivity index (χ0) is 16.4. The maximum atomic E-state index is 12.3.